The van der Waals surface area contributed by atoms with Crippen LogP contribution < -0.4 is 11.1 Å². The molecule has 4 heteroatoms. The van der Waals surface area contributed by atoms with Gasteiger partial charge in [-0.15, -0.1) is 0 Å². The van der Waals surface area contributed by atoms with E-state index in [4.69, 9.17) is 10.5 Å². The molecular formula is C12H24N2O2. The molecule has 0 aliphatic heterocycles. The summed E-state index contributed by atoms with van der Waals surface area (Å²) in [6.45, 7) is 6.07. The number of ether oxygens (including phenoxy) is 1. The number of hydrogen-bond acceptors (Lipinski definition) is 3. The highest BCUT2D eigenvalue weighted by atomic mass is 16.6. The van der Waals surface area contributed by atoms with Gasteiger partial charge < -0.3 is 15.8 Å². The maximum atomic E-state index is 11.6. The van der Waals surface area contributed by atoms with Gasteiger partial charge in [-0.2, -0.15) is 0 Å². The van der Waals surface area contributed by atoms with Crippen molar-refractivity contribution < 1.29 is 9.53 Å². The zero-order valence-electron chi connectivity index (χ0n) is 10.6. The summed E-state index contributed by atoms with van der Waals surface area (Å²) < 4.78 is 5.22. The summed E-state index contributed by atoms with van der Waals surface area (Å²) in [6.07, 6.45) is 4.47. The monoisotopic (exact) mass is 228 g/mol. The molecular weight excluding hydrogens is 204 g/mol. The van der Waals surface area contributed by atoms with Gasteiger partial charge in [-0.05, 0) is 39.5 Å². The summed E-state index contributed by atoms with van der Waals surface area (Å²) in [6, 6.07) is 0.0670. The maximum absolute atomic E-state index is 11.6. The SMILES string of the molecule is CC(C)(C)OC(=O)NC(CN)C1CCCC1. The molecule has 1 aliphatic carbocycles. The molecule has 1 aliphatic rings. The lowest BCUT2D eigenvalue weighted by atomic mass is 9.98. The summed E-state index contributed by atoms with van der Waals surface area (Å²) in [5.74, 6) is 0.525. The van der Waals surface area contributed by atoms with Crippen LogP contribution in [0.5, 0.6) is 0 Å². The quantitative estimate of drug-likeness (QED) is 0.776. The van der Waals surface area contributed by atoms with E-state index in [1.807, 2.05) is 20.8 Å². The number of amides is 1. The van der Waals surface area contributed by atoms with E-state index in [0.29, 0.717) is 12.5 Å². The van der Waals surface area contributed by atoms with Gasteiger partial charge in [-0.25, -0.2) is 4.79 Å². The van der Waals surface area contributed by atoms with Gasteiger partial charge in [0.25, 0.3) is 0 Å². The Labute approximate surface area is 97.9 Å². The van der Waals surface area contributed by atoms with Crippen LogP contribution in [0, 0.1) is 5.92 Å². The number of nitrogens with two attached hydrogens (primary N) is 1. The van der Waals surface area contributed by atoms with Crippen LogP contribution in [0.25, 0.3) is 0 Å². The molecule has 1 amide bonds. The van der Waals surface area contributed by atoms with Crippen molar-refractivity contribution in [2.24, 2.45) is 11.7 Å². The average Bonchev–Trinajstić information content (AvgIpc) is 2.63. The zero-order chi connectivity index (χ0) is 12.2. The summed E-state index contributed by atoms with van der Waals surface area (Å²) in [7, 11) is 0. The smallest absolute Gasteiger partial charge is 0.407 e. The van der Waals surface area contributed by atoms with Crippen molar-refractivity contribution in [2.75, 3.05) is 6.54 Å². The fourth-order valence-electron chi connectivity index (χ4n) is 2.19. The Bertz CT molecular complexity index is 230. The molecule has 16 heavy (non-hydrogen) atoms. The predicted molar refractivity (Wildman–Crippen MR) is 64.2 cm³/mol. The van der Waals surface area contributed by atoms with Crippen LogP contribution in [0.1, 0.15) is 46.5 Å². The number of carbonyl (C=O) groups is 1. The lowest BCUT2D eigenvalue weighted by Crippen LogP contribution is -2.46. The van der Waals surface area contributed by atoms with E-state index in [1.54, 1.807) is 0 Å². The predicted octanol–water partition coefficient (Wildman–Crippen LogP) is 2.03. The molecule has 0 saturated heterocycles. The number of carbonyl (C=O) groups excluding carboxylic acids is 1. The Morgan fingerprint density at radius 2 is 2.00 bits per heavy atom. The molecule has 3 N–H and O–H groups in total. The van der Waals surface area contributed by atoms with Gasteiger partial charge in [0.15, 0.2) is 0 Å². The third-order valence-corrected chi connectivity index (χ3v) is 2.92. The van der Waals surface area contributed by atoms with Crippen molar-refractivity contribution in [1.82, 2.24) is 5.32 Å². The molecule has 0 spiro atoms. The lowest BCUT2D eigenvalue weighted by molar-refractivity contribution is 0.0489. The van der Waals surface area contributed by atoms with Crippen molar-refractivity contribution in [2.45, 2.75) is 58.1 Å². The zero-order valence-corrected chi connectivity index (χ0v) is 10.6. The second-order valence-electron chi connectivity index (χ2n) is 5.53. The highest BCUT2D eigenvalue weighted by Gasteiger charge is 2.27. The van der Waals surface area contributed by atoms with Crippen molar-refractivity contribution in [3.05, 3.63) is 0 Å². The fourth-order valence-corrected chi connectivity index (χ4v) is 2.19. The van der Waals surface area contributed by atoms with E-state index in [0.717, 1.165) is 12.8 Å². The molecule has 0 radical (unpaired) electrons. The Morgan fingerprint density at radius 3 is 2.44 bits per heavy atom. The molecule has 4 nitrogen and oxygen atoms in total. The molecule has 0 bridgehead atoms. The normalized spacial score (nSPS) is 19.5. The molecule has 0 aromatic carbocycles. The van der Waals surface area contributed by atoms with Crippen molar-refractivity contribution in [3.63, 3.8) is 0 Å². The van der Waals surface area contributed by atoms with Crippen molar-refractivity contribution in [3.8, 4) is 0 Å². The van der Waals surface area contributed by atoms with Crippen LogP contribution in [-0.2, 0) is 4.74 Å². The second-order valence-corrected chi connectivity index (χ2v) is 5.53. The largest absolute Gasteiger partial charge is 0.444 e. The van der Waals surface area contributed by atoms with Gasteiger partial charge in [-0.3, -0.25) is 0 Å². The van der Waals surface area contributed by atoms with Gasteiger partial charge in [0.05, 0.1) is 0 Å². The van der Waals surface area contributed by atoms with E-state index in [1.165, 1.54) is 12.8 Å². The molecule has 1 rings (SSSR count). The molecule has 1 unspecified atom stereocenters. The van der Waals surface area contributed by atoms with Crippen molar-refractivity contribution >= 4 is 6.09 Å². The third-order valence-electron chi connectivity index (χ3n) is 2.92. The molecule has 0 heterocycles. The van der Waals surface area contributed by atoms with Crippen LogP contribution in [-0.4, -0.2) is 24.3 Å². The third kappa shape index (κ3) is 4.39. The molecule has 1 atom stereocenters. The highest BCUT2D eigenvalue weighted by molar-refractivity contribution is 5.68. The first-order valence-corrected chi connectivity index (χ1v) is 6.12. The Balaban J connectivity index is 2.40. The highest BCUT2D eigenvalue weighted by Crippen LogP contribution is 2.27. The Hall–Kier alpha value is -0.770. The number of alkyl carbamates (subject to hydrolysis) is 1. The molecule has 0 aromatic rings. The fraction of sp³-hybridized carbons (Fsp3) is 0.917. The molecule has 1 saturated carbocycles. The van der Waals surface area contributed by atoms with Gasteiger partial charge in [0, 0.05) is 12.6 Å². The second kappa shape index (κ2) is 5.53. The summed E-state index contributed by atoms with van der Waals surface area (Å²) in [5, 5.41) is 2.88. The number of rotatable bonds is 3. The van der Waals surface area contributed by atoms with E-state index in [2.05, 4.69) is 5.32 Å². The molecule has 1 fully saturated rings. The van der Waals surface area contributed by atoms with Crippen LogP contribution in [0.15, 0.2) is 0 Å². The first kappa shape index (κ1) is 13.3. The van der Waals surface area contributed by atoms with E-state index >= 15 is 0 Å². The van der Waals surface area contributed by atoms with Crippen molar-refractivity contribution in [1.29, 1.82) is 0 Å². The number of nitrogens with one attached hydrogen (secondary N) is 1. The molecule has 0 aromatic heterocycles. The van der Waals surface area contributed by atoms with Gasteiger partial charge in [0.2, 0.25) is 0 Å². The molecule has 94 valence electrons. The first-order valence-electron chi connectivity index (χ1n) is 6.12. The minimum atomic E-state index is -0.446. The van der Waals surface area contributed by atoms with E-state index in [9.17, 15) is 4.79 Å². The number of hydrogen-bond donors (Lipinski definition) is 2. The van der Waals surface area contributed by atoms with Crippen LogP contribution in [0.3, 0.4) is 0 Å². The summed E-state index contributed by atoms with van der Waals surface area (Å²) in [4.78, 5) is 11.6. The van der Waals surface area contributed by atoms with Gasteiger partial charge >= 0.3 is 6.09 Å². The van der Waals surface area contributed by atoms with Crippen LogP contribution in [0.4, 0.5) is 4.79 Å². The summed E-state index contributed by atoms with van der Waals surface area (Å²) >= 11 is 0. The standard InChI is InChI=1S/C12H24N2O2/c1-12(2,3)16-11(15)14-10(8-13)9-6-4-5-7-9/h9-10H,4-8,13H2,1-3H3,(H,14,15). The topological polar surface area (TPSA) is 64.3 Å². The van der Waals surface area contributed by atoms with E-state index in [-0.39, 0.29) is 12.1 Å². The lowest BCUT2D eigenvalue weighted by Gasteiger charge is -2.26. The van der Waals surface area contributed by atoms with Crippen LogP contribution in [0.2, 0.25) is 0 Å². The maximum Gasteiger partial charge on any atom is 0.407 e. The van der Waals surface area contributed by atoms with Gasteiger partial charge in [0.1, 0.15) is 5.60 Å². The van der Waals surface area contributed by atoms with E-state index < -0.39 is 5.60 Å². The minimum absolute atomic E-state index is 0.0670. The first-order chi connectivity index (χ1) is 7.42. The summed E-state index contributed by atoms with van der Waals surface area (Å²) in [5.41, 5.74) is 5.25. The minimum Gasteiger partial charge on any atom is -0.444 e. The average molecular weight is 228 g/mol. The Kier molecular flexibility index (Phi) is 4.59. The Morgan fingerprint density at radius 1 is 1.44 bits per heavy atom. The van der Waals surface area contributed by atoms with Crippen LogP contribution >= 0.6 is 0 Å². The van der Waals surface area contributed by atoms with Gasteiger partial charge in [-0.1, -0.05) is 12.8 Å².